The lowest BCUT2D eigenvalue weighted by Crippen LogP contribution is -2.36. The Kier molecular flexibility index (Phi) is 5.62. The maximum absolute atomic E-state index is 13.0. The topological polar surface area (TPSA) is 92.2 Å². The number of morpholine rings is 1. The Balaban J connectivity index is 1.93. The van der Waals surface area contributed by atoms with Gasteiger partial charge in [-0.05, 0) is 25.5 Å². The molecule has 1 amide bonds. The van der Waals surface area contributed by atoms with E-state index in [1.165, 1.54) is 4.90 Å². The number of anilines is 2. The number of hydrogen-bond donors (Lipinski definition) is 1. The largest absolute Gasteiger partial charge is 0.512 e. The summed E-state index contributed by atoms with van der Waals surface area (Å²) in [6.07, 6.45) is -1.44. The molecule has 1 aliphatic heterocycles. The van der Waals surface area contributed by atoms with Gasteiger partial charge in [-0.3, -0.25) is 9.69 Å². The van der Waals surface area contributed by atoms with Gasteiger partial charge in [0.15, 0.2) is 10.9 Å². The van der Waals surface area contributed by atoms with Crippen LogP contribution in [0, 0.1) is 13.8 Å². The van der Waals surface area contributed by atoms with E-state index < -0.39 is 6.16 Å². The molecule has 0 radical (unpaired) electrons. The summed E-state index contributed by atoms with van der Waals surface area (Å²) in [7, 11) is 1.56. The lowest BCUT2D eigenvalue weighted by molar-refractivity contribution is 0.0989. The van der Waals surface area contributed by atoms with Gasteiger partial charge in [-0.25, -0.2) is 4.79 Å². The van der Waals surface area contributed by atoms with Gasteiger partial charge in [0, 0.05) is 25.7 Å². The monoisotopic (exact) mass is 391 g/mol. The van der Waals surface area contributed by atoms with Crippen LogP contribution in [0.25, 0.3) is 0 Å². The van der Waals surface area contributed by atoms with Crippen molar-refractivity contribution in [3.05, 3.63) is 34.9 Å². The van der Waals surface area contributed by atoms with Crippen molar-refractivity contribution in [2.24, 2.45) is 0 Å². The molecule has 9 heteroatoms. The zero-order valence-electron chi connectivity index (χ0n) is 15.4. The highest BCUT2D eigenvalue weighted by atomic mass is 32.1. The zero-order valence-corrected chi connectivity index (χ0v) is 16.2. The SMILES string of the molecule is Cc1ccc(C(=O)N(C)c2nc(N3CCOCC3)sc2OC(=O)O)c(C)c1. The van der Waals surface area contributed by atoms with Gasteiger partial charge in [-0.15, -0.1) is 0 Å². The van der Waals surface area contributed by atoms with Crippen molar-refractivity contribution in [3.8, 4) is 5.06 Å². The van der Waals surface area contributed by atoms with Gasteiger partial charge < -0.3 is 19.5 Å². The molecule has 0 unspecified atom stereocenters. The molecule has 2 aromatic rings. The number of thiazole rings is 1. The predicted octanol–water partition coefficient (Wildman–Crippen LogP) is 2.93. The lowest BCUT2D eigenvalue weighted by atomic mass is 10.0. The van der Waals surface area contributed by atoms with Crippen molar-refractivity contribution in [2.45, 2.75) is 13.8 Å². The van der Waals surface area contributed by atoms with E-state index in [0.29, 0.717) is 37.0 Å². The smallest absolute Gasteiger partial charge is 0.449 e. The van der Waals surface area contributed by atoms with Crippen LogP contribution in [0.2, 0.25) is 0 Å². The molecule has 0 bridgehead atoms. The average Bonchev–Trinajstić information content (AvgIpc) is 3.04. The first kappa shape index (κ1) is 19.1. The molecule has 1 aromatic carbocycles. The summed E-state index contributed by atoms with van der Waals surface area (Å²) in [5.74, 6) is -0.0876. The summed E-state index contributed by atoms with van der Waals surface area (Å²) in [6, 6.07) is 5.55. The van der Waals surface area contributed by atoms with Crippen LogP contribution in [0.3, 0.4) is 0 Å². The molecule has 1 saturated heterocycles. The highest BCUT2D eigenvalue weighted by molar-refractivity contribution is 7.18. The third-order valence-electron chi connectivity index (χ3n) is 4.26. The molecule has 1 N–H and O–H groups in total. The van der Waals surface area contributed by atoms with Crippen LogP contribution in [-0.2, 0) is 4.74 Å². The number of amides is 1. The van der Waals surface area contributed by atoms with Crippen LogP contribution >= 0.6 is 11.3 Å². The number of aromatic nitrogens is 1. The fourth-order valence-electron chi connectivity index (χ4n) is 2.87. The Morgan fingerprint density at radius 2 is 2.00 bits per heavy atom. The van der Waals surface area contributed by atoms with Crippen molar-refractivity contribution < 1.29 is 24.2 Å². The molecule has 2 heterocycles. The van der Waals surface area contributed by atoms with Crippen LogP contribution in [0.5, 0.6) is 5.06 Å². The fraction of sp³-hybridized carbons (Fsp3) is 0.389. The number of carbonyl (C=O) groups excluding carboxylic acids is 1. The summed E-state index contributed by atoms with van der Waals surface area (Å²) in [5, 5.41) is 9.72. The van der Waals surface area contributed by atoms with Gasteiger partial charge in [-0.1, -0.05) is 29.0 Å². The Bertz CT molecular complexity index is 861. The summed E-state index contributed by atoms with van der Waals surface area (Å²) in [4.78, 5) is 31.8. The van der Waals surface area contributed by atoms with Gasteiger partial charge >= 0.3 is 6.16 Å². The van der Waals surface area contributed by atoms with Crippen molar-refractivity contribution in [3.63, 3.8) is 0 Å². The fourth-order valence-corrected chi connectivity index (χ4v) is 3.86. The normalized spacial score (nSPS) is 14.1. The number of ether oxygens (including phenoxy) is 2. The van der Waals surface area contributed by atoms with Crippen molar-refractivity contribution in [2.75, 3.05) is 43.2 Å². The molecular formula is C18H21N3O5S. The van der Waals surface area contributed by atoms with Crippen molar-refractivity contribution in [1.82, 2.24) is 4.98 Å². The predicted molar refractivity (Wildman–Crippen MR) is 102 cm³/mol. The molecule has 144 valence electrons. The Morgan fingerprint density at radius 3 is 2.63 bits per heavy atom. The minimum absolute atomic E-state index is 0.0737. The molecule has 0 spiro atoms. The minimum Gasteiger partial charge on any atom is -0.449 e. The van der Waals surface area contributed by atoms with Crippen LogP contribution in [-0.4, -0.2) is 55.5 Å². The molecule has 3 rings (SSSR count). The molecule has 8 nitrogen and oxygen atoms in total. The third-order valence-corrected chi connectivity index (χ3v) is 5.25. The molecule has 1 aromatic heterocycles. The number of benzene rings is 1. The van der Waals surface area contributed by atoms with E-state index in [4.69, 9.17) is 14.6 Å². The van der Waals surface area contributed by atoms with Crippen LogP contribution in [0.1, 0.15) is 21.5 Å². The number of aryl methyl sites for hydroxylation is 2. The second-order valence-electron chi connectivity index (χ2n) is 6.26. The second-order valence-corrected chi connectivity index (χ2v) is 7.20. The lowest BCUT2D eigenvalue weighted by Gasteiger charge is -2.26. The molecule has 0 saturated carbocycles. The van der Waals surface area contributed by atoms with Crippen molar-refractivity contribution >= 4 is 34.3 Å². The van der Waals surface area contributed by atoms with Crippen LogP contribution in [0.4, 0.5) is 15.7 Å². The minimum atomic E-state index is -1.44. The average molecular weight is 391 g/mol. The van der Waals surface area contributed by atoms with E-state index in [9.17, 15) is 9.59 Å². The van der Waals surface area contributed by atoms with Gasteiger partial charge in [-0.2, -0.15) is 4.98 Å². The van der Waals surface area contributed by atoms with Crippen LogP contribution in [0.15, 0.2) is 18.2 Å². The first-order chi connectivity index (χ1) is 12.9. The van der Waals surface area contributed by atoms with E-state index in [-0.39, 0.29) is 16.8 Å². The number of hydrogen-bond acceptors (Lipinski definition) is 7. The Morgan fingerprint density at radius 1 is 1.30 bits per heavy atom. The van der Waals surface area contributed by atoms with Gasteiger partial charge in [0.25, 0.3) is 5.91 Å². The molecule has 1 aliphatic rings. The second kappa shape index (κ2) is 7.93. The van der Waals surface area contributed by atoms with E-state index in [0.717, 1.165) is 22.5 Å². The van der Waals surface area contributed by atoms with Crippen molar-refractivity contribution in [1.29, 1.82) is 0 Å². The first-order valence-corrected chi connectivity index (χ1v) is 9.28. The molecule has 0 aliphatic carbocycles. The molecule has 0 atom stereocenters. The van der Waals surface area contributed by atoms with Gasteiger partial charge in [0.1, 0.15) is 0 Å². The number of carbonyl (C=O) groups is 2. The highest BCUT2D eigenvalue weighted by Crippen LogP contribution is 2.39. The zero-order chi connectivity index (χ0) is 19.6. The summed E-state index contributed by atoms with van der Waals surface area (Å²) < 4.78 is 10.2. The summed E-state index contributed by atoms with van der Waals surface area (Å²) in [5.41, 5.74) is 2.44. The molecular weight excluding hydrogens is 370 g/mol. The Hall–Kier alpha value is -2.65. The maximum Gasteiger partial charge on any atom is 0.512 e. The summed E-state index contributed by atoms with van der Waals surface area (Å²) >= 11 is 1.10. The van der Waals surface area contributed by atoms with Gasteiger partial charge in [0.05, 0.1) is 13.2 Å². The Labute approximate surface area is 160 Å². The third kappa shape index (κ3) is 4.20. The van der Waals surface area contributed by atoms with E-state index in [2.05, 4.69) is 4.98 Å². The maximum atomic E-state index is 13.0. The molecule has 27 heavy (non-hydrogen) atoms. The number of carboxylic acid groups (broad SMARTS) is 1. The number of nitrogens with zero attached hydrogens (tertiary/aromatic N) is 3. The summed E-state index contributed by atoms with van der Waals surface area (Å²) in [6.45, 7) is 6.26. The molecule has 1 fully saturated rings. The van der Waals surface area contributed by atoms with E-state index in [1.54, 1.807) is 13.1 Å². The first-order valence-electron chi connectivity index (χ1n) is 8.46. The van der Waals surface area contributed by atoms with Crippen LogP contribution < -0.4 is 14.5 Å². The quantitative estimate of drug-likeness (QED) is 0.801. The number of rotatable bonds is 4. The highest BCUT2D eigenvalue weighted by Gasteiger charge is 2.27. The van der Waals surface area contributed by atoms with Gasteiger partial charge in [0.2, 0.25) is 5.06 Å². The standard InChI is InChI=1S/C18H21N3O5S/c1-11-4-5-13(12(2)10-11)15(22)20(3)14-16(26-18(23)24)27-17(19-14)21-6-8-25-9-7-21/h4-5,10H,6-9H2,1-3H3,(H,23,24). The van der Waals surface area contributed by atoms with E-state index >= 15 is 0 Å². The van der Waals surface area contributed by atoms with E-state index in [1.807, 2.05) is 30.9 Å².